The Morgan fingerprint density at radius 1 is 1.18 bits per heavy atom. The first kappa shape index (κ1) is 12.0. The smallest absolute Gasteiger partial charge is 0.134 e. The van der Waals surface area contributed by atoms with E-state index in [2.05, 4.69) is 15.9 Å². The second kappa shape index (κ2) is 5.23. The van der Waals surface area contributed by atoms with Crippen LogP contribution >= 0.6 is 15.9 Å². The number of hydrogen-bond acceptors (Lipinski definition) is 2. The summed E-state index contributed by atoms with van der Waals surface area (Å²) in [5.74, 6) is 0.820. The van der Waals surface area contributed by atoms with Gasteiger partial charge in [0.05, 0.1) is 4.47 Å². The van der Waals surface area contributed by atoms with E-state index in [9.17, 15) is 0 Å². The van der Waals surface area contributed by atoms with Crippen LogP contribution in [-0.2, 0) is 6.61 Å². The van der Waals surface area contributed by atoms with E-state index in [4.69, 9.17) is 10.5 Å². The molecule has 0 heterocycles. The van der Waals surface area contributed by atoms with Gasteiger partial charge in [-0.15, -0.1) is 0 Å². The molecule has 0 saturated carbocycles. The van der Waals surface area contributed by atoms with Crippen molar-refractivity contribution in [3.8, 4) is 5.75 Å². The van der Waals surface area contributed by atoms with Crippen LogP contribution in [0.1, 0.15) is 11.1 Å². The number of anilines is 1. The highest BCUT2D eigenvalue weighted by Crippen LogP contribution is 2.30. The minimum absolute atomic E-state index is 0.558. The van der Waals surface area contributed by atoms with Crippen molar-refractivity contribution in [2.45, 2.75) is 13.5 Å². The van der Waals surface area contributed by atoms with E-state index in [1.165, 1.54) is 0 Å². The molecule has 0 saturated heterocycles. The number of hydrogen-bond donors (Lipinski definition) is 1. The summed E-state index contributed by atoms with van der Waals surface area (Å²) in [6, 6.07) is 13.9. The van der Waals surface area contributed by atoms with E-state index in [1.54, 1.807) is 0 Å². The maximum atomic E-state index is 5.81. The highest BCUT2D eigenvalue weighted by Gasteiger charge is 2.04. The Bertz CT molecular complexity index is 511. The Morgan fingerprint density at radius 2 is 1.88 bits per heavy atom. The van der Waals surface area contributed by atoms with Crippen LogP contribution in [0, 0.1) is 6.92 Å². The molecule has 0 fully saturated rings. The first-order valence-electron chi connectivity index (χ1n) is 5.39. The van der Waals surface area contributed by atoms with Gasteiger partial charge in [-0.1, -0.05) is 30.3 Å². The van der Waals surface area contributed by atoms with Gasteiger partial charge in [0, 0.05) is 5.69 Å². The topological polar surface area (TPSA) is 35.2 Å². The minimum Gasteiger partial charge on any atom is -0.488 e. The molecule has 2 N–H and O–H groups in total. The Labute approximate surface area is 110 Å². The number of nitrogen functional groups attached to an aromatic ring is 1. The molecular weight excluding hydrogens is 278 g/mol. The predicted octanol–water partition coefficient (Wildman–Crippen LogP) is 3.92. The summed E-state index contributed by atoms with van der Waals surface area (Å²) in [4.78, 5) is 0. The molecule has 0 aromatic heterocycles. The number of ether oxygens (including phenoxy) is 1. The summed E-state index contributed by atoms with van der Waals surface area (Å²) in [5.41, 5.74) is 8.75. The van der Waals surface area contributed by atoms with Crippen LogP contribution in [0.5, 0.6) is 5.75 Å². The van der Waals surface area contributed by atoms with E-state index in [0.717, 1.165) is 27.0 Å². The number of rotatable bonds is 3. The summed E-state index contributed by atoms with van der Waals surface area (Å²) in [6.07, 6.45) is 0. The fraction of sp³-hybridized carbons (Fsp3) is 0.143. The monoisotopic (exact) mass is 291 g/mol. The molecule has 0 amide bonds. The van der Waals surface area contributed by atoms with Crippen molar-refractivity contribution in [2.75, 3.05) is 5.73 Å². The van der Waals surface area contributed by atoms with Gasteiger partial charge >= 0.3 is 0 Å². The van der Waals surface area contributed by atoms with Crippen LogP contribution in [-0.4, -0.2) is 0 Å². The van der Waals surface area contributed by atoms with Gasteiger partial charge in [0.2, 0.25) is 0 Å². The second-order valence-corrected chi connectivity index (χ2v) is 4.77. The van der Waals surface area contributed by atoms with Crippen molar-refractivity contribution in [2.24, 2.45) is 0 Å². The number of benzene rings is 2. The van der Waals surface area contributed by atoms with Gasteiger partial charge in [0.15, 0.2) is 0 Å². The van der Waals surface area contributed by atoms with Gasteiger partial charge in [-0.25, -0.2) is 0 Å². The Balaban J connectivity index is 2.12. The molecule has 2 aromatic carbocycles. The summed E-state index contributed by atoms with van der Waals surface area (Å²) in [5, 5.41) is 0. The van der Waals surface area contributed by atoms with Crippen molar-refractivity contribution in [1.82, 2.24) is 0 Å². The van der Waals surface area contributed by atoms with Gasteiger partial charge in [-0.3, -0.25) is 0 Å². The molecule has 0 spiro atoms. The average molecular weight is 292 g/mol. The molecule has 0 bridgehead atoms. The molecular formula is C14H14BrNO. The lowest BCUT2D eigenvalue weighted by atomic mass is 10.2. The van der Waals surface area contributed by atoms with E-state index in [0.29, 0.717) is 6.61 Å². The number of nitrogens with two attached hydrogens (primary N) is 1. The van der Waals surface area contributed by atoms with Gasteiger partial charge in [0.1, 0.15) is 12.4 Å². The van der Waals surface area contributed by atoms with Crippen LogP contribution in [0.15, 0.2) is 46.9 Å². The molecule has 2 aromatic rings. The van der Waals surface area contributed by atoms with Gasteiger partial charge in [-0.2, -0.15) is 0 Å². The Kier molecular flexibility index (Phi) is 3.69. The first-order chi connectivity index (χ1) is 8.16. The molecule has 0 aliphatic heterocycles. The molecule has 0 radical (unpaired) electrons. The van der Waals surface area contributed by atoms with Crippen molar-refractivity contribution < 1.29 is 4.74 Å². The SMILES string of the molecule is Cc1cc(OCc2ccccc2)c(Br)cc1N. The van der Waals surface area contributed by atoms with E-state index >= 15 is 0 Å². The zero-order valence-corrected chi connectivity index (χ0v) is 11.2. The van der Waals surface area contributed by atoms with E-state index < -0.39 is 0 Å². The van der Waals surface area contributed by atoms with Crippen molar-refractivity contribution >= 4 is 21.6 Å². The van der Waals surface area contributed by atoms with Crippen LogP contribution in [0.4, 0.5) is 5.69 Å². The molecule has 0 aliphatic carbocycles. The van der Waals surface area contributed by atoms with Gasteiger partial charge in [0.25, 0.3) is 0 Å². The van der Waals surface area contributed by atoms with Gasteiger partial charge < -0.3 is 10.5 Å². The van der Waals surface area contributed by atoms with Crippen LogP contribution in [0.25, 0.3) is 0 Å². The Morgan fingerprint density at radius 3 is 2.59 bits per heavy atom. The van der Waals surface area contributed by atoms with Gasteiger partial charge in [-0.05, 0) is 46.1 Å². The normalized spacial score (nSPS) is 10.2. The molecule has 17 heavy (non-hydrogen) atoms. The van der Waals surface area contributed by atoms with E-state index in [1.807, 2.05) is 49.4 Å². The molecule has 3 heteroatoms. The summed E-state index contributed by atoms with van der Waals surface area (Å²) >= 11 is 3.45. The summed E-state index contributed by atoms with van der Waals surface area (Å²) < 4.78 is 6.64. The third-order valence-electron chi connectivity index (χ3n) is 2.56. The van der Waals surface area contributed by atoms with Crippen molar-refractivity contribution in [3.05, 3.63) is 58.1 Å². The standard InChI is InChI=1S/C14H14BrNO/c1-10-7-14(12(15)8-13(10)16)17-9-11-5-3-2-4-6-11/h2-8H,9,16H2,1H3. The maximum absolute atomic E-state index is 5.81. The third kappa shape index (κ3) is 3.01. The summed E-state index contributed by atoms with van der Waals surface area (Å²) in [6.45, 7) is 2.53. The van der Waals surface area contributed by atoms with Crippen LogP contribution in [0.2, 0.25) is 0 Å². The molecule has 0 atom stereocenters. The fourth-order valence-corrected chi connectivity index (χ4v) is 1.99. The highest BCUT2D eigenvalue weighted by molar-refractivity contribution is 9.10. The molecule has 2 nitrogen and oxygen atoms in total. The lowest BCUT2D eigenvalue weighted by Crippen LogP contribution is -1.97. The minimum atomic E-state index is 0.558. The Hall–Kier alpha value is -1.48. The predicted molar refractivity (Wildman–Crippen MR) is 74.1 cm³/mol. The zero-order chi connectivity index (χ0) is 12.3. The number of aryl methyl sites for hydroxylation is 1. The lowest BCUT2D eigenvalue weighted by Gasteiger charge is -2.10. The second-order valence-electron chi connectivity index (χ2n) is 3.91. The molecule has 88 valence electrons. The van der Waals surface area contributed by atoms with Crippen molar-refractivity contribution in [1.29, 1.82) is 0 Å². The molecule has 2 rings (SSSR count). The third-order valence-corrected chi connectivity index (χ3v) is 3.18. The molecule has 0 aliphatic rings. The zero-order valence-electron chi connectivity index (χ0n) is 9.61. The maximum Gasteiger partial charge on any atom is 0.134 e. The van der Waals surface area contributed by atoms with Crippen molar-refractivity contribution in [3.63, 3.8) is 0 Å². The van der Waals surface area contributed by atoms with Crippen LogP contribution in [0.3, 0.4) is 0 Å². The fourth-order valence-electron chi connectivity index (χ4n) is 1.52. The first-order valence-corrected chi connectivity index (χ1v) is 6.18. The lowest BCUT2D eigenvalue weighted by molar-refractivity contribution is 0.304. The highest BCUT2D eigenvalue weighted by atomic mass is 79.9. The summed E-state index contributed by atoms with van der Waals surface area (Å²) in [7, 11) is 0. The van der Waals surface area contributed by atoms with Crippen LogP contribution < -0.4 is 10.5 Å². The quantitative estimate of drug-likeness (QED) is 0.870. The average Bonchev–Trinajstić information content (AvgIpc) is 2.33. The largest absolute Gasteiger partial charge is 0.488 e. The van der Waals surface area contributed by atoms with E-state index in [-0.39, 0.29) is 0 Å². The molecule has 0 unspecified atom stereocenters. The number of halogens is 1.